The molecule has 116 valence electrons. The minimum atomic E-state index is -0.942. The second-order valence-corrected chi connectivity index (χ2v) is 7.51. The molecule has 1 fully saturated rings. The Morgan fingerprint density at radius 3 is 2.38 bits per heavy atom. The summed E-state index contributed by atoms with van der Waals surface area (Å²) in [5.74, 6) is 0.505. The maximum atomic E-state index is 14.9. The Kier molecular flexibility index (Phi) is 5.19. The number of halogens is 2. The van der Waals surface area contributed by atoms with Crippen LogP contribution in [0.2, 0.25) is 0 Å². The van der Waals surface area contributed by atoms with Gasteiger partial charge in [0.15, 0.2) is 0 Å². The van der Waals surface area contributed by atoms with Gasteiger partial charge in [-0.05, 0) is 57.6 Å². The van der Waals surface area contributed by atoms with E-state index in [1.165, 1.54) is 11.3 Å². The third-order valence-corrected chi connectivity index (χ3v) is 5.32. The lowest BCUT2D eigenvalue weighted by atomic mass is 9.83. The molecule has 1 aromatic rings. The van der Waals surface area contributed by atoms with Gasteiger partial charge in [-0.2, -0.15) is 0 Å². The van der Waals surface area contributed by atoms with Crippen LogP contribution in [0, 0.1) is 0 Å². The molecule has 0 N–H and O–H groups in total. The van der Waals surface area contributed by atoms with Crippen molar-refractivity contribution in [2.24, 2.45) is 0 Å². The van der Waals surface area contributed by atoms with E-state index in [9.17, 15) is 4.39 Å². The van der Waals surface area contributed by atoms with E-state index in [0.29, 0.717) is 17.9 Å². The Morgan fingerprint density at radius 2 is 1.90 bits per heavy atom. The maximum absolute atomic E-state index is 14.9. The van der Waals surface area contributed by atoms with E-state index in [1.54, 1.807) is 0 Å². The number of alkyl halides is 1. The number of hydrogen-bond acceptors (Lipinski definition) is 3. The predicted octanol–water partition coefficient (Wildman–Crippen LogP) is 5.08. The normalized spacial score (nSPS) is 21.5. The number of rotatable bonds is 5. The van der Waals surface area contributed by atoms with E-state index >= 15 is 0 Å². The van der Waals surface area contributed by atoms with Crippen LogP contribution in [0.1, 0.15) is 45.4 Å². The van der Waals surface area contributed by atoms with Crippen molar-refractivity contribution in [1.82, 2.24) is 0 Å². The topological polar surface area (TPSA) is 18.5 Å². The van der Waals surface area contributed by atoms with E-state index in [-0.39, 0.29) is 5.73 Å². The zero-order valence-corrected chi connectivity index (χ0v) is 14.5. The van der Waals surface area contributed by atoms with Crippen molar-refractivity contribution in [3.8, 4) is 0 Å². The SMILES string of the molecule is CC1(C)OB(C(F)=C(CCCCl)c2cccs2)OC1(C)C. The van der Waals surface area contributed by atoms with Gasteiger partial charge in [0.25, 0.3) is 0 Å². The third kappa shape index (κ3) is 3.53. The lowest BCUT2D eigenvalue weighted by Crippen LogP contribution is -2.41. The van der Waals surface area contributed by atoms with Gasteiger partial charge in [0, 0.05) is 10.8 Å². The Labute approximate surface area is 135 Å². The first-order valence-electron chi connectivity index (χ1n) is 7.12. The summed E-state index contributed by atoms with van der Waals surface area (Å²) in [6.07, 6.45) is 1.31. The number of allylic oxidation sites excluding steroid dienone is 1. The van der Waals surface area contributed by atoms with Gasteiger partial charge in [-0.15, -0.1) is 22.9 Å². The van der Waals surface area contributed by atoms with E-state index in [1.807, 2.05) is 45.2 Å². The molecule has 0 aliphatic carbocycles. The van der Waals surface area contributed by atoms with Gasteiger partial charge < -0.3 is 9.31 Å². The molecule has 6 heteroatoms. The van der Waals surface area contributed by atoms with Gasteiger partial charge in [0.2, 0.25) is 0 Å². The van der Waals surface area contributed by atoms with Crippen LogP contribution in [-0.4, -0.2) is 24.2 Å². The third-order valence-electron chi connectivity index (χ3n) is 4.13. The highest BCUT2D eigenvalue weighted by atomic mass is 35.5. The van der Waals surface area contributed by atoms with Crippen LogP contribution in [0.4, 0.5) is 4.39 Å². The van der Waals surface area contributed by atoms with E-state index in [2.05, 4.69) is 0 Å². The molecule has 2 rings (SSSR count). The molecule has 0 amide bonds. The Morgan fingerprint density at radius 1 is 1.29 bits per heavy atom. The van der Waals surface area contributed by atoms with Crippen LogP contribution in [0.5, 0.6) is 0 Å². The fraction of sp³-hybridized carbons (Fsp3) is 0.600. The number of thiophene rings is 1. The molecule has 1 aliphatic heterocycles. The van der Waals surface area contributed by atoms with Gasteiger partial charge in [-0.3, -0.25) is 0 Å². The molecule has 1 aromatic heterocycles. The van der Waals surface area contributed by atoms with Crippen LogP contribution in [0.3, 0.4) is 0 Å². The summed E-state index contributed by atoms with van der Waals surface area (Å²) in [5.41, 5.74) is -0.769. The second kappa shape index (κ2) is 6.41. The van der Waals surface area contributed by atoms with Crippen molar-refractivity contribution in [2.75, 3.05) is 5.88 Å². The predicted molar refractivity (Wildman–Crippen MR) is 88.4 cm³/mol. The van der Waals surface area contributed by atoms with Crippen LogP contribution in [-0.2, 0) is 9.31 Å². The van der Waals surface area contributed by atoms with Crippen molar-refractivity contribution >= 4 is 35.6 Å². The molecule has 0 bridgehead atoms. The lowest BCUT2D eigenvalue weighted by molar-refractivity contribution is 0.00578. The molecule has 2 heterocycles. The van der Waals surface area contributed by atoms with E-state index in [0.717, 1.165) is 11.3 Å². The first-order valence-corrected chi connectivity index (χ1v) is 8.54. The second-order valence-electron chi connectivity index (χ2n) is 6.18. The standard InChI is InChI=1S/C15H21BClFO2S/c1-14(2)15(3,4)20-16(19-14)13(18)11(7-5-9-17)12-8-6-10-21-12/h6,8,10H,5,7,9H2,1-4H3. The highest BCUT2D eigenvalue weighted by Gasteiger charge is 2.53. The molecule has 0 aromatic carbocycles. The number of hydrogen-bond donors (Lipinski definition) is 0. The quantitative estimate of drug-likeness (QED) is 0.554. The van der Waals surface area contributed by atoms with Crippen LogP contribution >= 0.6 is 22.9 Å². The summed E-state index contributed by atoms with van der Waals surface area (Å²) in [4.78, 5) is 0.910. The summed E-state index contributed by atoms with van der Waals surface area (Å²) in [6, 6.07) is 3.83. The van der Waals surface area contributed by atoms with Gasteiger partial charge in [0.1, 0.15) is 5.73 Å². The highest BCUT2D eigenvalue weighted by molar-refractivity contribution is 7.11. The highest BCUT2D eigenvalue weighted by Crippen LogP contribution is 2.41. The molecule has 1 saturated heterocycles. The van der Waals surface area contributed by atoms with Gasteiger partial charge >= 0.3 is 7.12 Å². The summed E-state index contributed by atoms with van der Waals surface area (Å²) in [7, 11) is -0.942. The molecule has 0 saturated carbocycles. The molecule has 0 atom stereocenters. The largest absolute Gasteiger partial charge is 0.525 e. The Hall–Kier alpha value is -0.355. The molecule has 0 spiro atoms. The average Bonchev–Trinajstić information content (AvgIpc) is 2.97. The fourth-order valence-corrected chi connectivity index (χ4v) is 3.08. The van der Waals surface area contributed by atoms with Crippen molar-refractivity contribution in [3.63, 3.8) is 0 Å². The molecular weight excluding hydrogens is 309 g/mol. The van der Waals surface area contributed by atoms with E-state index in [4.69, 9.17) is 20.9 Å². The summed E-state index contributed by atoms with van der Waals surface area (Å²) < 4.78 is 26.5. The summed E-state index contributed by atoms with van der Waals surface area (Å²) in [6.45, 7) is 7.68. The lowest BCUT2D eigenvalue weighted by Gasteiger charge is -2.32. The van der Waals surface area contributed by atoms with Crippen molar-refractivity contribution in [3.05, 3.63) is 28.1 Å². The summed E-state index contributed by atoms with van der Waals surface area (Å²) in [5, 5.41) is 1.94. The zero-order chi connectivity index (χ0) is 15.7. The molecular formula is C15H21BClFO2S. The van der Waals surface area contributed by atoms with Gasteiger partial charge in [0.05, 0.1) is 11.2 Å². The molecule has 21 heavy (non-hydrogen) atoms. The maximum Gasteiger partial charge on any atom is 0.525 e. The Bertz CT molecular complexity index is 498. The fourth-order valence-electron chi connectivity index (χ4n) is 2.14. The van der Waals surface area contributed by atoms with Gasteiger partial charge in [-0.1, -0.05) is 6.07 Å². The molecule has 2 nitrogen and oxygen atoms in total. The smallest absolute Gasteiger partial charge is 0.398 e. The van der Waals surface area contributed by atoms with Crippen LogP contribution < -0.4 is 0 Å². The molecule has 0 radical (unpaired) electrons. The van der Waals surface area contributed by atoms with Crippen molar-refractivity contribution in [1.29, 1.82) is 0 Å². The average molecular weight is 331 g/mol. The van der Waals surface area contributed by atoms with Crippen molar-refractivity contribution < 1.29 is 13.7 Å². The minimum absolute atomic E-state index is 0.332. The van der Waals surface area contributed by atoms with Crippen LogP contribution in [0.25, 0.3) is 5.57 Å². The zero-order valence-electron chi connectivity index (χ0n) is 12.9. The van der Waals surface area contributed by atoms with Crippen LogP contribution in [0.15, 0.2) is 23.2 Å². The Balaban J connectivity index is 2.30. The minimum Gasteiger partial charge on any atom is -0.398 e. The first-order chi connectivity index (χ1) is 9.78. The summed E-state index contributed by atoms with van der Waals surface area (Å²) >= 11 is 7.27. The molecule has 1 aliphatic rings. The van der Waals surface area contributed by atoms with Crippen molar-refractivity contribution in [2.45, 2.75) is 51.7 Å². The first kappa shape index (κ1) is 17.0. The monoisotopic (exact) mass is 330 g/mol. The molecule has 0 unspecified atom stereocenters. The van der Waals surface area contributed by atoms with Gasteiger partial charge in [-0.25, -0.2) is 4.39 Å². The van der Waals surface area contributed by atoms with E-state index < -0.39 is 18.3 Å².